The Morgan fingerprint density at radius 2 is 1.09 bits per heavy atom. The quantitative estimate of drug-likeness (QED) is 0.386. The van der Waals surface area contributed by atoms with E-state index in [1.54, 1.807) is 0 Å². The van der Waals surface area contributed by atoms with Gasteiger partial charge in [-0.2, -0.15) is 0 Å². The summed E-state index contributed by atoms with van der Waals surface area (Å²) in [5, 5.41) is 26.9. The predicted molar refractivity (Wildman–Crippen MR) is 44.9 cm³/mol. The van der Waals surface area contributed by atoms with Crippen LogP contribution >= 0.6 is 0 Å². The van der Waals surface area contributed by atoms with E-state index in [0.29, 0.717) is 0 Å². The first kappa shape index (κ1) is 14.1. The van der Waals surface area contributed by atoms with Crippen LogP contribution in [0.2, 0.25) is 0 Å². The maximum Gasteiger partial charge on any atom is 2.00 e. The zero-order valence-electron chi connectivity index (χ0n) is 9.23. The molecule has 0 aliphatic heterocycles. The van der Waals surface area contributed by atoms with Gasteiger partial charge in [-0.1, -0.05) is 0 Å². The molecule has 3 atom stereocenters. The molecule has 0 radical (unpaired) electrons. The molecule has 3 unspecified atom stereocenters. The predicted octanol–water partition coefficient (Wildman–Crippen LogP) is -0.853. The largest absolute Gasteiger partial charge is 2.00 e. The zero-order chi connectivity index (χ0) is 8.31. The molecule has 0 saturated carbocycles. The van der Waals surface area contributed by atoms with Crippen LogP contribution in [0.15, 0.2) is 0 Å². The molecule has 0 aliphatic carbocycles. The molecule has 5 heteroatoms. The molecular weight excluding hydrogens is 158 g/mol. The average molecular weight is 176 g/mol. The Balaban J connectivity index is -0.000000135. The molecule has 66 valence electrons. The van der Waals surface area contributed by atoms with Crippen LogP contribution in [-0.4, -0.2) is 62.0 Å². The smallest absolute Gasteiger partial charge is 1.00 e. The molecule has 0 aromatic heterocycles. The van der Waals surface area contributed by atoms with Crippen molar-refractivity contribution in [3.05, 3.63) is 0 Å². The first-order chi connectivity index (χ1) is 4.46. The van der Waals surface area contributed by atoms with E-state index in [4.69, 9.17) is 15.3 Å². The monoisotopic (exact) mass is 175 g/mol. The second kappa shape index (κ2) is 6.16. The summed E-state index contributed by atoms with van der Waals surface area (Å²) >= 11 is 0. The number of aliphatic hydroxyl groups is 3. The van der Waals surface area contributed by atoms with Gasteiger partial charge in [0.05, 0.1) is 0 Å². The molecule has 0 aliphatic rings. The Morgan fingerprint density at radius 3 is 1.09 bits per heavy atom. The fourth-order valence-corrected chi connectivity index (χ4v) is 0.937. The number of aliphatic hydroxyl groups excluding tert-OH is 3. The van der Waals surface area contributed by atoms with Crippen LogP contribution in [0.3, 0.4) is 0 Å². The molecule has 11 heavy (non-hydrogen) atoms. The van der Waals surface area contributed by atoms with Gasteiger partial charge in [0.1, 0.15) is 18.7 Å². The number of rotatable bonds is 3. The Bertz CT molecular complexity index is 86.9. The van der Waals surface area contributed by atoms with Crippen molar-refractivity contribution in [2.24, 2.45) is 0 Å². The van der Waals surface area contributed by atoms with Crippen molar-refractivity contribution < 1.29 is 18.2 Å². The van der Waals surface area contributed by atoms with E-state index in [9.17, 15) is 0 Å². The number of hydrogen-bond acceptors (Lipinski definition) is 4. The third-order valence-electron chi connectivity index (χ3n) is 1.29. The van der Waals surface area contributed by atoms with Crippen molar-refractivity contribution >= 4 is 23.1 Å². The SMILES string of the molecule is CC(O)N(C(C)O)C(C)O.[H-].[H-].[Mg+2]. The first-order valence-corrected chi connectivity index (χ1v) is 3.28. The molecule has 0 heterocycles. The minimum Gasteiger partial charge on any atom is -1.00 e. The van der Waals surface area contributed by atoms with Crippen molar-refractivity contribution in [1.82, 2.24) is 4.90 Å². The van der Waals surface area contributed by atoms with E-state index >= 15 is 0 Å². The minimum absolute atomic E-state index is 0. The van der Waals surface area contributed by atoms with Crippen LogP contribution in [0.5, 0.6) is 0 Å². The first-order valence-electron chi connectivity index (χ1n) is 3.28. The summed E-state index contributed by atoms with van der Waals surface area (Å²) in [5.74, 6) is 0. The van der Waals surface area contributed by atoms with Gasteiger partial charge in [0.25, 0.3) is 0 Å². The molecule has 0 bridgehead atoms. The van der Waals surface area contributed by atoms with Gasteiger partial charge >= 0.3 is 23.1 Å². The Morgan fingerprint density at radius 1 is 0.909 bits per heavy atom. The zero-order valence-corrected chi connectivity index (χ0v) is 8.64. The van der Waals surface area contributed by atoms with Crippen molar-refractivity contribution in [2.75, 3.05) is 0 Å². The number of hydrogen-bond donors (Lipinski definition) is 3. The summed E-state index contributed by atoms with van der Waals surface area (Å²) in [6.07, 6.45) is -2.50. The van der Waals surface area contributed by atoms with Gasteiger partial charge in [-0.15, -0.1) is 0 Å². The van der Waals surface area contributed by atoms with Gasteiger partial charge in [0.15, 0.2) is 0 Å². The second-order valence-electron chi connectivity index (χ2n) is 2.34. The summed E-state index contributed by atoms with van der Waals surface area (Å²) in [4.78, 5) is 1.17. The van der Waals surface area contributed by atoms with Crippen LogP contribution in [0.1, 0.15) is 23.6 Å². The molecule has 0 aromatic carbocycles. The van der Waals surface area contributed by atoms with E-state index in [-0.39, 0.29) is 25.9 Å². The van der Waals surface area contributed by atoms with Crippen molar-refractivity contribution in [2.45, 2.75) is 39.5 Å². The Labute approximate surface area is 85.9 Å². The van der Waals surface area contributed by atoms with Crippen molar-refractivity contribution in [3.63, 3.8) is 0 Å². The maximum atomic E-state index is 8.96. The van der Waals surface area contributed by atoms with Crippen LogP contribution in [0.25, 0.3) is 0 Å². The van der Waals surface area contributed by atoms with Crippen LogP contribution < -0.4 is 0 Å². The summed E-state index contributed by atoms with van der Waals surface area (Å²) in [6, 6.07) is 0. The number of nitrogens with zero attached hydrogens (tertiary/aromatic N) is 1. The van der Waals surface area contributed by atoms with Crippen LogP contribution in [0.4, 0.5) is 0 Å². The molecule has 0 spiro atoms. The van der Waals surface area contributed by atoms with Crippen LogP contribution in [0, 0.1) is 0 Å². The molecule has 4 nitrogen and oxygen atoms in total. The molecule has 0 amide bonds. The second-order valence-corrected chi connectivity index (χ2v) is 2.34. The van der Waals surface area contributed by atoms with Gasteiger partial charge in [-0.05, 0) is 20.8 Å². The molecule has 0 aromatic rings. The minimum atomic E-state index is -0.833. The van der Waals surface area contributed by atoms with E-state index in [1.165, 1.54) is 25.7 Å². The molecule has 0 rings (SSSR count). The summed E-state index contributed by atoms with van der Waals surface area (Å²) < 4.78 is 0. The third kappa shape index (κ3) is 4.94. The molecule has 0 saturated heterocycles. The normalized spacial score (nSPS) is 18.8. The topological polar surface area (TPSA) is 63.9 Å². The standard InChI is InChI=1S/C6H15NO3.Mg.2H/c1-4(8)7(5(2)9)6(3)10;;;/h4-6,8-10H,1-3H3;;;/q;+2;2*-1. The molecule has 3 N–H and O–H groups in total. The van der Waals surface area contributed by atoms with Crippen molar-refractivity contribution in [1.29, 1.82) is 0 Å². The van der Waals surface area contributed by atoms with E-state index in [2.05, 4.69) is 0 Å². The average Bonchev–Trinajstić information content (AvgIpc) is 1.59. The summed E-state index contributed by atoms with van der Waals surface area (Å²) in [5.41, 5.74) is 0. The van der Waals surface area contributed by atoms with Gasteiger partial charge in [0, 0.05) is 0 Å². The fourth-order valence-electron chi connectivity index (χ4n) is 0.937. The summed E-state index contributed by atoms with van der Waals surface area (Å²) in [6.45, 7) is 4.46. The Kier molecular flexibility index (Phi) is 7.92. The maximum absolute atomic E-state index is 8.96. The molecule has 0 fully saturated rings. The van der Waals surface area contributed by atoms with Gasteiger partial charge in [-0.25, -0.2) is 4.90 Å². The fraction of sp³-hybridized carbons (Fsp3) is 1.00. The molecular formula is C6H17MgNO3. The third-order valence-corrected chi connectivity index (χ3v) is 1.29. The van der Waals surface area contributed by atoms with E-state index < -0.39 is 18.7 Å². The van der Waals surface area contributed by atoms with Gasteiger partial charge in [0.2, 0.25) is 0 Å². The van der Waals surface area contributed by atoms with E-state index in [0.717, 1.165) is 0 Å². The van der Waals surface area contributed by atoms with Gasteiger partial charge < -0.3 is 18.2 Å². The van der Waals surface area contributed by atoms with Crippen molar-refractivity contribution in [3.8, 4) is 0 Å². The van der Waals surface area contributed by atoms with Crippen LogP contribution in [-0.2, 0) is 0 Å². The summed E-state index contributed by atoms with van der Waals surface area (Å²) in [7, 11) is 0. The van der Waals surface area contributed by atoms with Gasteiger partial charge in [-0.3, -0.25) is 0 Å². The van der Waals surface area contributed by atoms with E-state index in [1.807, 2.05) is 0 Å². The Hall–Kier alpha value is 0.606.